The molecule has 0 saturated carbocycles. The quantitative estimate of drug-likeness (QED) is 0.185. The van der Waals surface area contributed by atoms with Gasteiger partial charge in [0.25, 0.3) is 26.1 Å². The fraction of sp³-hybridized carbons (Fsp3) is 0.167. The van der Waals surface area contributed by atoms with Crippen molar-refractivity contribution in [1.29, 1.82) is 0 Å². The molecular formula is C24H20N5O9S3+. The molecule has 6 rings (SSSR count). The van der Waals surface area contributed by atoms with Crippen molar-refractivity contribution in [1.82, 2.24) is 20.0 Å². The molecule has 0 atom stereocenters. The van der Waals surface area contributed by atoms with Gasteiger partial charge in [-0.05, 0) is 51.4 Å². The van der Waals surface area contributed by atoms with Gasteiger partial charge in [0.1, 0.15) is 23.8 Å². The number of fused-ring (bicyclic) bond motifs is 2. The number of benzene rings is 3. The molecule has 0 aliphatic carbocycles. The second-order valence-corrected chi connectivity index (χ2v) is 12.8. The lowest BCUT2D eigenvalue weighted by atomic mass is 10.1. The lowest BCUT2D eigenvalue weighted by Gasteiger charge is -2.17. The first-order valence-electron chi connectivity index (χ1n) is 11.8. The standard InChI is InChI=1S/C24H19N5O9S3/c1-13-2-5-16(22(8-13)41(34,35)36)23-26-28(18-9-15(40(31,32)33)4-3-14(18)12-30)29(27-23)24-25-17-10-19-20(11-21(17)39-24)38-7-6-37-19/h2-5,8-11,30H,6-7,12H2,1H3,(H-,31,32,33,34,35,36)/p+1. The summed E-state index contributed by atoms with van der Waals surface area (Å²) in [4.78, 5) is 6.01. The maximum absolute atomic E-state index is 12.2. The highest BCUT2D eigenvalue weighted by Crippen LogP contribution is 2.37. The molecule has 0 radical (unpaired) electrons. The summed E-state index contributed by atoms with van der Waals surface area (Å²) in [5, 5.41) is 19.2. The van der Waals surface area contributed by atoms with E-state index in [0.29, 0.717) is 40.5 Å². The highest BCUT2D eigenvalue weighted by Gasteiger charge is 2.30. The van der Waals surface area contributed by atoms with Gasteiger partial charge in [-0.1, -0.05) is 28.5 Å². The third-order valence-corrected chi connectivity index (χ3v) is 8.89. The average Bonchev–Trinajstić information content (AvgIpc) is 3.54. The number of ether oxygens (including phenoxy) is 2. The van der Waals surface area contributed by atoms with Gasteiger partial charge in [0.2, 0.25) is 0 Å². The number of hydrogen-bond acceptors (Lipinski definition) is 11. The van der Waals surface area contributed by atoms with E-state index >= 15 is 0 Å². The molecule has 41 heavy (non-hydrogen) atoms. The minimum Gasteiger partial charge on any atom is -0.486 e. The lowest BCUT2D eigenvalue weighted by molar-refractivity contribution is -0.734. The van der Waals surface area contributed by atoms with Crippen molar-refractivity contribution in [2.24, 2.45) is 0 Å². The zero-order chi connectivity index (χ0) is 29.1. The van der Waals surface area contributed by atoms with Crippen LogP contribution >= 0.6 is 11.3 Å². The van der Waals surface area contributed by atoms with E-state index in [1.807, 2.05) is 0 Å². The van der Waals surface area contributed by atoms with Gasteiger partial charge < -0.3 is 14.6 Å². The second-order valence-electron chi connectivity index (χ2n) is 8.96. The molecule has 0 spiro atoms. The van der Waals surface area contributed by atoms with Gasteiger partial charge in [0.15, 0.2) is 17.0 Å². The highest BCUT2D eigenvalue weighted by molar-refractivity contribution is 7.86. The Bertz CT molecular complexity index is 2030. The zero-order valence-corrected chi connectivity index (χ0v) is 23.4. The van der Waals surface area contributed by atoms with Crippen molar-refractivity contribution in [3.8, 4) is 33.7 Å². The van der Waals surface area contributed by atoms with Crippen LogP contribution in [0, 0.1) is 6.92 Å². The second kappa shape index (κ2) is 9.82. The van der Waals surface area contributed by atoms with Crippen LogP contribution in [0.3, 0.4) is 0 Å². The minimum absolute atomic E-state index is 0.00658. The minimum atomic E-state index is -4.70. The van der Waals surface area contributed by atoms with Crippen molar-refractivity contribution in [2.75, 3.05) is 13.2 Å². The fourth-order valence-electron chi connectivity index (χ4n) is 4.26. The van der Waals surface area contributed by atoms with Crippen LogP contribution in [0.4, 0.5) is 0 Å². The van der Waals surface area contributed by atoms with Crippen LogP contribution in [0.5, 0.6) is 11.5 Å². The van der Waals surface area contributed by atoms with E-state index in [1.165, 1.54) is 34.3 Å². The van der Waals surface area contributed by atoms with Crippen molar-refractivity contribution in [3.05, 3.63) is 59.7 Å². The number of rotatable bonds is 6. The Morgan fingerprint density at radius 1 is 0.976 bits per heavy atom. The molecule has 1 aliphatic rings. The van der Waals surface area contributed by atoms with Crippen LogP contribution in [-0.2, 0) is 26.8 Å². The van der Waals surface area contributed by atoms with Crippen LogP contribution < -0.4 is 14.3 Å². The zero-order valence-electron chi connectivity index (χ0n) is 21.0. The monoisotopic (exact) mass is 618 g/mol. The number of hydrogen-bond donors (Lipinski definition) is 3. The van der Waals surface area contributed by atoms with Crippen LogP contribution in [0.2, 0.25) is 0 Å². The molecule has 0 bridgehead atoms. The molecule has 3 aromatic carbocycles. The van der Waals surface area contributed by atoms with E-state index in [2.05, 4.69) is 15.2 Å². The highest BCUT2D eigenvalue weighted by atomic mass is 32.2. The first-order chi connectivity index (χ1) is 19.4. The number of tetrazole rings is 1. The predicted molar refractivity (Wildman–Crippen MR) is 143 cm³/mol. The average molecular weight is 619 g/mol. The van der Waals surface area contributed by atoms with Gasteiger partial charge in [-0.3, -0.25) is 9.11 Å². The molecule has 0 amide bonds. The van der Waals surface area contributed by atoms with Gasteiger partial charge in [-0.2, -0.15) is 16.8 Å². The number of thiazole rings is 1. The third-order valence-electron chi connectivity index (χ3n) is 6.17. The van der Waals surface area contributed by atoms with E-state index in [9.17, 15) is 31.0 Å². The first kappa shape index (κ1) is 27.2. The van der Waals surface area contributed by atoms with E-state index in [-0.39, 0.29) is 27.8 Å². The first-order valence-corrected chi connectivity index (χ1v) is 15.5. The van der Waals surface area contributed by atoms with Gasteiger partial charge in [0, 0.05) is 22.8 Å². The summed E-state index contributed by atoms with van der Waals surface area (Å²) >= 11 is 1.17. The summed E-state index contributed by atoms with van der Waals surface area (Å²) in [7, 11) is -9.35. The normalized spacial score (nSPS) is 13.6. The molecule has 5 aromatic rings. The third kappa shape index (κ3) is 5.03. The van der Waals surface area contributed by atoms with Crippen LogP contribution in [0.25, 0.3) is 32.4 Å². The smallest absolute Gasteiger partial charge is 0.365 e. The molecule has 3 heterocycles. The van der Waals surface area contributed by atoms with E-state index < -0.39 is 36.6 Å². The van der Waals surface area contributed by atoms with Crippen molar-refractivity contribution in [2.45, 2.75) is 23.3 Å². The van der Waals surface area contributed by atoms with Crippen LogP contribution in [-0.4, -0.2) is 64.2 Å². The Morgan fingerprint density at radius 3 is 2.39 bits per heavy atom. The molecule has 1 aliphatic heterocycles. The van der Waals surface area contributed by atoms with Crippen molar-refractivity contribution < 1.29 is 45.3 Å². The number of aliphatic hydroxyl groups is 1. The predicted octanol–water partition coefficient (Wildman–Crippen LogP) is 1.89. The van der Waals surface area contributed by atoms with Crippen molar-refractivity contribution in [3.63, 3.8) is 0 Å². The summed E-state index contributed by atoms with van der Waals surface area (Å²) in [6, 6.07) is 11.2. The summed E-state index contributed by atoms with van der Waals surface area (Å²) in [5.41, 5.74) is 1.25. The molecule has 0 unspecified atom stereocenters. The Labute approximate surface area is 236 Å². The summed E-state index contributed by atoms with van der Waals surface area (Å²) in [6.45, 7) is 1.87. The van der Waals surface area contributed by atoms with Gasteiger partial charge in [0.05, 0.1) is 21.8 Å². The number of nitrogens with zero attached hydrogens (tertiary/aromatic N) is 5. The molecule has 0 fully saturated rings. The Balaban J connectivity index is 1.63. The topological polar surface area (TPSA) is 195 Å². The summed E-state index contributed by atoms with van der Waals surface area (Å²) in [5.74, 6) is 0.879. The van der Waals surface area contributed by atoms with E-state index in [0.717, 1.165) is 16.9 Å². The molecule has 14 nitrogen and oxygen atoms in total. The lowest BCUT2D eigenvalue weighted by Crippen LogP contribution is -2.43. The Morgan fingerprint density at radius 2 is 1.71 bits per heavy atom. The molecular weight excluding hydrogens is 598 g/mol. The van der Waals surface area contributed by atoms with Gasteiger partial charge in [-0.25, -0.2) is 0 Å². The fourth-order valence-corrected chi connectivity index (χ4v) is 6.45. The Kier molecular flexibility index (Phi) is 6.51. The molecule has 17 heteroatoms. The maximum Gasteiger partial charge on any atom is 0.365 e. The number of aryl methyl sites for hydroxylation is 1. The van der Waals surface area contributed by atoms with E-state index in [1.54, 1.807) is 25.1 Å². The molecule has 2 aromatic heterocycles. The van der Waals surface area contributed by atoms with Crippen LogP contribution in [0.1, 0.15) is 11.1 Å². The molecule has 212 valence electrons. The largest absolute Gasteiger partial charge is 0.486 e. The van der Waals surface area contributed by atoms with Crippen molar-refractivity contribution >= 4 is 41.8 Å². The Hall–Kier alpha value is -4.00. The van der Waals surface area contributed by atoms with Gasteiger partial charge >= 0.3 is 5.13 Å². The summed E-state index contributed by atoms with van der Waals surface area (Å²) in [6.07, 6.45) is 0. The van der Waals surface area contributed by atoms with E-state index in [4.69, 9.17) is 9.47 Å². The SMILES string of the molecule is Cc1ccc(-c2nn(-c3cc(S(=O)(=O)O)ccc3CO)[n+](-c3nc4cc5c(cc4s3)OCCO5)n2)c(S(=O)(=O)O)c1. The maximum atomic E-state index is 12.2. The molecule has 3 N–H and O–H groups in total. The number of aromatic nitrogens is 5. The number of aliphatic hydroxyl groups excluding tert-OH is 1. The van der Waals surface area contributed by atoms with Gasteiger partial charge in [-0.15, -0.1) is 0 Å². The van der Waals surface area contributed by atoms with Crippen LogP contribution in [0.15, 0.2) is 58.3 Å². The molecule has 0 saturated heterocycles. The summed E-state index contributed by atoms with van der Waals surface area (Å²) < 4.78 is 79.9.